The minimum Gasteiger partial charge on any atom is -0.497 e. The van der Waals surface area contributed by atoms with E-state index in [1.165, 1.54) is 16.7 Å². The molecule has 2 aromatic rings. The Bertz CT molecular complexity index is 932. The van der Waals surface area contributed by atoms with Gasteiger partial charge in [0.2, 0.25) is 0 Å². The SMILES string of the molecule is COc1cccc(OCCOc2ccc(Cl)cc2/C=C2\SC(=S)N(C)C2=O)c1. The molecular formula is C20H18ClNO4S2. The van der Waals surface area contributed by atoms with Crippen molar-refractivity contribution in [1.82, 2.24) is 4.90 Å². The number of likely N-dealkylation sites (N-methyl/N-ethyl adjacent to an activating group) is 1. The summed E-state index contributed by atoms with van der Waals surface area (Å²) in [5.41, 5.74) is 0.711. The van der Waals surface area contributed by atoms with Gasteiger partial charge in [-0.25, -0.2) is 0 Å². The number of thiocarbonyl (C=S) groups is 1. The maximum Gasteiger partial charge on any atom is 0.265 e. The molecule has 1 amide bonds. The van der Waals surface area contributed by atoms with Gasteiger partial charge in [-0.3, -0.25) is 9.69 Å². The molecule has 0 aliphatic carbocycles. The van der Waals surface area contributed by atoms with Gasteiger partial charge in [-0.1, -0.05) is 41.6 Å². The van der Waals surface area contributed by atoms with Crippen molar-refractivity contribution in [1.29, 1.82) is 0 Å². The predicted octanol–water partition coefficient (Wildman–Crippen LogP) is 4.64. The number of thioether (sulfide) groups is 1. The number of rotatable bonds is 7. The molecule has 0 radical (unpaired) electrons. The van der Waals surface area contributed by atoms with Crippen molar-refractivity contribution in [2.24, 2.45) is 0 Å². The molecule has 28 heavy (non-hydrogen) atoms. The van der Waals surface area contributed by atoms with E-state index in [9.17, 15) is 4.79 Å². The zero-order valence-electron chi connectivity index (χ0n) is 15.3. The fourth-order valence-corrected chi connectivity index (χ4v) is 3.80. The Labute approximate surface area is 178 Å². The van der Waals surface area contributed by atoms with Crippen LogP contribution >= 0.6 is 35.6 Å². The van der Waals surface area contributed by atoms with Crippen molar-refractivity contribution in [3.8, 4) is 17.2 Å². The highest BCUT2D eigenvalue weighted by Crippen LogP contribution is 2.34. The summed E-state index contributed by atoms with van der Waals surface area (Å²) in [6.07, 6.45) is 1.74. The molecule has 8 heteroatoms. The average Bonchev–Trinajstić information content (AvgIpc) is 2.93. The summed E-state index contributed by atoms with van der Waals surface area (Å²) in [6.45, 7) is 0.681. The summed E-state index contributed by atoms with van der Waals surface area (Å²) in [5.74, 6) is 1.90. The molecule has 0 spiro atoms. The number of benzene rings is 2. The third-order valence-electron chi connectivity index (χ3n) is 3.90. The predicted molar refractivity (Wildman–Crippen MR) is 116 cm³/mol. The van der Waals surface area contributed by atoms with Gasteiger partial charge in [0.05, 0.1) is 12.0 Å². The minimum atomic E-state index is -0.137. The van der Waals surface area contributed by atoms with Crippen LogP contribution in [0.4, 0.5) is 0 Å². The van der Waals surface area contributed by atoms with E-state index >= 15 is 0 Å². The molecule has 5 nitrogen and oxygen atoms in total. The lowest BCUT2D eigenvalue weighted by Crippen LogP contribution is -2.22. The van der Waals surface area contributed by atoms with E-state index in [0.717, 1.165) is 5.75 Å². The molecule has 2 aromatic carbocycles. The highest BCUT2D eigenvalue weighted by Gasteiger charge is 2.29. The third-order valence-corrected chi connectivity index (χ3v) is 5.62. The van der Waals surface area contributed by atoms with Crippen LogP contribution in [0.2, 0.25) is 5.02 Å². The van der Waals surface area contributed by atoms with E-state index in [0.29, 0.717) is 44.5 Å². The van der Waals surface area contributed by atoms with E-state index in [1.54, 1.807) is 44.5 Å². The molecule has 1 aliphatic rings. The number of hydrogen-bond acceptors (Lipinski definition) is 6. The highest BCUT2D eigenvalue weighted by molar-refractivity contribution is 8.26. The normalized spacial score (nSPS) is 15.2. The van der Waals surface area contributed by atoms with E-state index in [-0.39, 0.29) is 5.91 Å². The second-order valence-corrected chi connectivity index (χ2v) is 7.91. The van der Waals surface area contributed by atoms with Crippen LogP contribution in [0, 0.1) is 0 Å². The van der Waals surface area contributed by atoms with E-state index < -0.39 is 0 Å². The second-order valence-electron chi connectivity index (χ2n) is 5.80. The monoisotopic (exact) mass is 435 g/mol. The molecule has 3 rings (SSSR count). The molecule has 0 bridgehead atoms. The number of amides is 1. The average molecular weight is 436 g/mol. The standard InChI is InChI=1S/C20H18ClNO4S2/c1-22-19(23)18(28-20(22)27)11-13-10-14(21)6-7-17(13)26-9-8-25-16-5-3-4-15(12-16)24-2/h3-7,10-12H,8-9H2,1-2H3/b18-11-. The molecule has 1 heterocycles. The van der Waals surface area contributed by atoms with E-state index in [1.807, 2.05) is 18.2 Å². The van der Waals surface area contributed by atoms with Gasteiger partial charge in [-0.05, 0) is 36.4 Å². The number of ether oxygens (including phenoxy) is 3. The van der Waals surface area contributed by atoms with Crippen LogP contribution in [0.5, 0.6) is 17.2 Å². The van der Waals surface area contributed by atoms with Crippen molar-refractivity contribution in [2.45, 2.75) is 0 Å². The van der Waals surface area contributed by atoms with Crippen molar-refractivity contribution >= 4 is 51.9 Å². The molecular weight excluding hydrogens is 418 g/mol. The molecule has 1 fully saturated rings. The number of hydrogen-bond donors (Lipinski definition) is 0. The molecule has 0 atom stereocenters. The van der Waals surface area contributed by atoms with Crippen LogP contribution in [0.3, 0.4) is 0 Å². The van der Waals surface area contributed by atoms with Gasteiger partial charge in [-0.15, -0.1) is 0 Å². The fraction of sp³-hybridized carbons (Fsp3) is 0.200. The number of carbonyl (C=O) groups excluding carboxylic acids is 1. The van der Waals surface area contributed by atoms with Crippen LogP contribution in [0.15, 0.2) is 47.4 Å². The molecule has 1 aliphatic heterocycles. The van der Waals surface area contributed by atoms with Gasteiger partial charge in [0.25, 0.3) is 5.91 Å². The third kappa shape index (κ3) is 4.98. The number of carbonyl (C=O) groups is 1. The van der Waals surface area contributed by atoms with E-state index in [2.05, 4.69) is 0 Å². The largest absolute Gasteiger partial charge is 0.497 e. The highest BCUT2D eigenvalue weighted by atomic mass is 35.5. The van der Waals surface area contributed by atoms with Gasteiger partial charge in [0.1, 0.15) is 34.8 Å². The van der Waals surface area contributed by atoms with Crippen molar-refractivity contribution in [3.63, 3.8) is 0 Å². The summed E-state index contributed by atoms with van der Waals surface area (Å²) in [4.78, 5) is 14.2. The fourth-order valence-electron chi connectivity index (χ4n) is 2.45. The van der Waals surface area contributed by atoms with Gasteiger partial charge in [0, 0.05) is 23.7 Å². The van der Waals surface area contributed by atoms with Crippen LogP contribution in [0.25, 0.3) is 6.08 Å². The lowest BCUT2D eigenvalue weighted by Gasteiger charge is -2.12. The molecule has 0 saturated carbocycles. The Balaban J connectivity index is 1.66. The summed E-state index contributed by atoms with van der Waals surface area (Å²) in [7, 11) is 3.26. The van der Waals surface area contributed by atoms with Crippen LogP contribution in [-0.4, -0.2) is 42.5 Å². The quantitative estimate of drug-likeness (QED) is 0.359. The van der Waals surface area contributed by atoms with Crippen LogP contribution in [0.1, 0.15) is 5.56 Å². The van der Waals surface area contributed by atoms with Crippen molar-refractivity contribution in [3.05, 3.63) is 58.0 Å². The first-order valence-electron chi connectivity index (χ1n) is 8.38. The Morgan fingerprint density at radius 2 is 1.89 bits per heavy atom. The van der Waals surface area contributed by atoms with Gasteiger partial charge in [0.15, 0.2) is 0 Å². The zero-order chi connectivity index (χ0) is 20.1. The van der Waals surface area contributed by atoms with Crippen molar-refractivity contribution in [2.75, 3.05) is 27.4 Å². The van der Waals surface area contributed by atoms with Crippen LogP contribution in [-0.2, 0) is 4.79 Å². The Kier molecular flexibility index (Phi) is 6.83. The zero-order valence-corrected chi connectivity index (χ0v) is 17.7. The molecule has 0 aromatic heterocycles. The van der Waals surface area contributed by atoms with Crippen LogP contribution < -0.4 is 14.2 Å². The molecule has 146 valence electrons. The lowest BCUT2D eigenvalue weighted by molar-refractivity contribution is -0.121. The first-order valence-corrected chi connectivity index (χ1v) is 9.99. The maximum absolute atomic E-state index is 12.2. The van der Waals surface area contributed by atoms with Crippen molar-refractivity contribution < 1.29 is 19.0 Å². The Morgan fingerprint density at radius 1 is 1.14 bits per heavy atom. The Hall–Kier alpha value is -2.22. The summed E-state index contributed by atoms with van der Waals surface area (Å²) >= 11 is 12.5. The summed E-state index contributed by atoms with van der Waals surface area (Å²) < 4.78 is 17.2. The molecule has 0 unspecified atom stereocenters. The molecule has 1 saturated heterocycles. The summed E-state index contributed by atoms with van der Waals surface area (Å²) in [6, 6.07) is 12.6. The number of halogens is 1. The Morgan fingerprint density at radius 3 is 2.61 bits per heavy atom. The topological polar surface area (TPSA) is 48.0 Å². The first-order chi connectivity index (χ1) is 13.5. The minimum absolute atomic E-state index is 0.137. The van der Waals surface area contributed by atoms with Gasteiger partial charge in [-0.2, -0.15) is 0 Å². The number of nitrogens with zero attached hydrogens (tertiary/aromatic N) is 1. The maximum atomic E-state index is 12.2. The van der Waals surface area contributed by atoms with Gasteiger partial charge < -0.3 is 14.2 Å². The lowest BCUT2D eigenvalue weighted by atomic mass is 10.2. The second kappa shape index (κ2) is 9.32. The first kappa shape index (κ1) is 20.5. The molecule has 0 N–H and O–H groups in total. The number of methoxy groups -OCH3 is 1. The smallest absolute Gasteiger partial charge is 0.265 e. The van der Waals surface area contributed by atoms with E-state index in [4.69, 9.17) is 38.0 Å². The van der Waals surface area contributed by atoms with Gasteiger partial charge >= 0.3 is 0 Å². The summed E-state index contributed by atoms with van der Waals surface area (Å²) in [5, 5.41) is 0.554.